The monoisotopic (exact) mass is 231 g/mol. The zero-order valence-corrected chi connectivity index (χ0v) is 8.94. The number of aliphatic carboxylic acids is 1. The number of ether oxygens (including phenoxy) is 1. The number of hydrogen-bond acceptors (Lipinski definition) is 3. The smallest absolute Gasteiger partial charge is 0.322 e. The van der Waals surface area contributed by atoms with Crippen molar-refractivity contribution in [3.63, 3.8) is 0 Å². The number of nitrogens with two attached hydrogens (primary N) is 1. The fraction of sp³-hybridized carbons (Fsp3) is 0.300. The van der Waals surface area contributed by atoms with Crippen LogP contribution in [0.15, 0.2) is 30.3 Å². The molecule has 3 N–H and O–H groups in total. The van der Waals surface area contributed by atoms with Gasteiger partial charge in [0.05, 0.1) is 13.2 Å². The van der Waals surface area contributed by atoms with E-state index in [0.29, 0.717) is 6.61 Å². The number of benzene rings is 1. The van der Waals surface area contributed by atoms with Crippen molar-refractivity contribution >= 4 is 18.4 Å². The van der Waals surface area contributed by atoms with Gasteiger partial charge in [0, 0.05) is 0 Å². The normalized spacial score (nSPS) is 11.5. The van der Waals surface area contributed by atoms with Gasteiger partial charge in [-0.2, -0.15) is 0 Å². The predicted molar refractivity (Wildman–Crippen MR) is 59.0 cm³/mol. The second-order valence-corrected chi connectivity index (χ2v) is 2.95. The van der Waals surface area contributed by atoms with E-state index in [4.69, 9.17) is 15.6 Å². The number of halogens is 1. The Morgan fingerprint density at radius 3 is 2.53 bits per heavy atom. The Morgan fingerprint density at radius 1 is 1.40 bits per heavy atom. The topological polar surface area (TPSA) is 72.5 Å². The van der Waals surface area contributed by atoms with Crippen LogP contribution in [-0.2, 0) is 16.1 Å². The largest absolute Gasteiger partial charge is 0.480 e. The lowest BCUT2D eigenvalue weighted by Crippen LogP contribution is -2.34. The van der Waals surface area contributed by atoms with Crippen molar-refractivity contribution in [3.8, 4) is 0 Å². The molecule has 1 aromatic carbocycles. The standard InChI is InChI=1S/C10H13NO3.ClH/c11-9(10(12)13)7-14-6-8-4-2-1-3-5-8;/h1-5,9H,6-7,11H2,(H,12,13);1H/t9-;/m0./s1. The van der Waals surface area contributed by atoms with Crippen LogP contribution in [0.25, 0.3) is 0 Å². The molecule has 1 aromatic rings. The minimum Gasteiger partial charge on any atom is -0.480 e. The van der Waals surface area contributed by atoms with Crippen LogP contribution in [0.2, 0.25) is 0 Å². The SMILES string of the molecule is Cl.N[C@@H](COCc1ccccc1)C(=O)O. The van der Waals surface area contributed by atoms with Crippen LogP contribution in [0.1, 0.15) is 5.56 Å². The first-order valence-electron chi connectivity index (χ1n) is 4.30. The molecule has 0 fully saturated rings. The van der Waals surface area contributed by atoms with E-state index in [-0.39, 0.29) is 19.0 Å². The maximum atomic E-state index is 10.3. The van der Waals surface area contributed by atoms with E-state index in [9.17, 15) is 4.79 Å². The van der Waals surface area contributed by atoms with Crippen molar-refractivity contribution in [2.24, 2.45) is 5.73 Å². The van der Waals surface area contributed by atoms with Gasteiger partial charge in [-0.25, -0.2) is 0 Å². The molecule has 84 valence electrons. The number of carboxylic acid groups (broad SMARTS) is 1. The molecule has 0 aliphatic carbocycles. The van der Waals surface area contributed by atoms with Gasteiger partial charge in [0.15, 0.2) is 0 Å². The van der Waals surface area contributed by atoms with E-state index in [1.54, 1.807) is 0 Å². The van der Waals surface area contributed by atoms with Crippen LogP contribution in [0, 0.1) is 0 Å². The molecule has 1 rings (SSSR count). The molecule has 0 saturated carbocycles. The minimum absolute atomic E-state index is 0. The molecule has 0 heterocycles. The molecular formula is C10H14ClNO3. The van der Waals surface area contributed by atoms with E-state index in [0.717, 1.165) is 5.56 Å². The third-order valence-electron chi connectivity index (χ3n) is 1.73. The average molecular weight is 232 g/mol. The Balaban J connectivity index is 0.00000196. The van der Waals surface area contributed by atoms with Crippen LogP contribution >= 0.6 is 12.4 Å². The van der Waals surface area contributed by atoms with Gasteiger partial charge in [0.25, 0.3) is 0 Å². The lowest BCUT2D eigenvalue weighted by atomic mass is 10.2. The predicted octanol–water partition coefficient (Wildman–Crippen LogP) is 1.04. The number of hydrogen-bond donors (Lipinski definition) is 2. The van der Waals surface area contributed by atoms with Gasteiger partial charge < -0.3 is 15.6 Å². The fourth-order valence-electron chi connectivity index (χ4n) is 0.949. The van der Waals surface area contributed by atoms with E-state index >= 15 is 0 Å². The van der Waals surface area contributed by atoms with Crippen LogP contribution < -0.4 is 5.73 Å². The molecule has 5 heteroatoms. The van der Waals surface area contributed by atoms with Crippen molar-refractivity contribution in [2.75, 3.05) is 6.61 Å². The highest BCUT2D eigenvalue weighted by Crippen LogP contribution is 2.00. The first-order valence-corrected chi connectivity index (χ1v) is 4.30. The van der Waals surface area contributed by atoms with Gasteiger partial charge in [0.2, 0.25) is 0 Å². The second-order valence-electron chi connectivity index (χ2n) is 2.95. The van der Waals surface area contributed by atoms with Gasteiger partial charge in [0.1, 0.15) is 6.04 Å². The Hall–Kier alpha value is -1.10. The number of carbonyl (C=O) groups is 1. The molecule has 0 unspecified atom stereocenters. The highest BCUT2D eigenvalue weighted by molar-refractivity contribution is 5.85. The van der Waals surface area contributed by atoms with Gasteiger partial charge in [-0.05, 0) is 5.56 Å². The summed E-state index contributed by atoms with van der Waals surface area (Å²) in [5.41, 5.74) is 6.26. The van der Waals surface area contributed by atoms with Crippen LogP contribution in [0.3, 0.4) is 0 Å². The first-order chi connectivity index (χ1) is 6.70. The molecule has 4 nitrogen and oxygen atoms in total. The average Bonchev–Trinajstić information content (AvgIpc) is 2.19. The molecule has 15 heavy (non-hydrogen) atoms. The number of rotatable bonds is 5. The van der Waals surface area contributed by atoms with Crippen molar-refractivity contribution in [2.45, 2.75) is 12.6 Å². The van der Waals surface area contributed by atoms with Gasteiger partial charge >= 0.3 is 5.97 Å². The lowest BCUT2D eigenvalue weighted by Gasteiger charge is -2.07. The summed E-state index contributed by atoms with van der Waals surface area (Å²) in [6.07, 6.45) is 0. The van der Waals surface area contributed by atoms with Crippen molar-refractivity contribution < 1.29 is 14.6 Å². The fourth-order valence-corrected chi connectivity index (χ4v) is 0.949. The molecule has 0 saturated heterocycles. The highest BCUT2D eigenvalue weighted by Gasteiger charge is 2.10. The zero-order valence-electron chi connectivity index (χ0n) is 8.13. The third-order valence-corrected chi connectivity index (χ3v) is 1.73. The molecule has 0 bridgehead atoms. The van der Waals surface area contributed by atoms with Crippen LogP contribution in [0.5, 0.6) is 0 Å². The van der Waals surface area contributed by atoms with E-state index in [1.165, 1.54) is 0 Å². The molecule has 1 atom stereocenters. The summed E-state index contributed by atoms with van der Waals surface area (Å²) in [4.78, 5) is 10.3. The number of carboxylic acids is 1. The van der Waals surface area contributed by atoms with Crippen LogP contribution in [0.4, 0.5) is 0 Å². The molecule has 0 amide bonds. The molecule has 0 aliphatic heterocycles. The zero-order chi connectivity index (χ0) is 10.4. The summed E-state index contributed by atoms with van der Waals surface area (Å²) in [5, 5.41) is 8.47. The molecule has 0 radical (unpaired) electrons. The minimum atomic E-state index is -1.04. The maximum Gasteiger partial charge on any atom is 0.322 e. The van der Waals surface area contributed by atoms with E-state index < -0.39 is 12.0 Å². The Morgan fingerprint density at radius 2 is 2.00 bits per heavy atom. The molecule has 0 aromatic heterocycles. The summed E-state index contributed by atoms with van der Waals surface area (Å²) in [6, 6.07) is 8.58. The summed E-state index contributed by atoms with van der Waals surface area (Å²) < 4.78 is 5.14. The lowest BCUT2D eigenvalue weighted by molar-refractivity contribution is -0.140. The summed E-state index contributed by atoms with van der Waals surface area (Å²) >= 11 is 0. The van der Waals surface area contributed by atoms with Crippen molar-refractivity contribution in [3.05, 3.63) is 35.9 Å². The Bertz CT molecular complexity index is 292. The maximum absolute atomic E-state index is 10.3. The highest BCUT2D eigenvalue weighted by atomic mass is 35.5. The summed E-state index contributed by atoms with van der Waals surface area (Å²) in [7, 11) is 0. The third kappa shape index (κ3) is 5.37. The van der Waals surface area contributed by atoms with Gasteiger partial charge in [-0.3, -0.25) is 4.79 Å². The van der Waals surface area contributed by atoms with Crippen molar-refractivity contribution in [1.82, 2.24) is 0 Å². The Kier molecular flexibility index (Phi) is 6.70. The molecular weight excluding hydrogens is 218 g/mol. The van der Waals surface area contributed by atoms with Gasteiger partial charge in [-0.15, -0.1) is 12.4 Å². The molecule has 0 spiro atoms. The summed E-state index contributed by atoms with van der Waals surface area (Å²) in [5.74, 6) is -1.04. The summed E-state index contributed by atoms with van der Waals surface area (Å²) in [6.45, 7) is 0.423. The second kappa shape index (κ2) is 7.23. The first kappa shape index (κ1) is 13.9. The van der Waals surface area contributed by atoms with Gasteiger partial charge in [-0.1, -0.05) is 30.3 Å². The Labute approximate surface area is 94.5 Å². The molecule has 0 aliphatic rings. The van der Waals surface area contributed by atoms with Crippen LogP contribution in [-0.4, -0.2) is 23.7 Å². The van der Waals surface area contributed by atoms with E-state index in [2.05, 4.69) is 0 Å². The quantitative estimate of drug-likeness (QED) is 0.794. The van der Waals surface area contributed by atoms with Crippen molar-refractivity contribution in [1.29, 1.82) is 0 Å². The van der Waals surface area contributed by atoms with E-state index in [1.807, 2.05) is 30.3 Å².